The van der Waals surface area contributed by atoms with Gasteiger partial charge in [0.1, 0.15) is 11.9 Å². The number of anilines is 3. The third kappa shape index (κ3) is 6.68. The third-order valence-electron chi connectivity index (χ3n) is 6.89. The first kappa shape index (κ1) is 27.9. The largest absolute Gasteiger partial charge is 0.442 e. The molecule has 1 saturated carbocycles. The summed E-state index contributed by atoms with van der Waals surface area (Å²) in [6.07, 6.45) is 0.244. The number of alkyl halides is 2. The van der Waals surface area contributed by atoms with Gasteiger partial charge in [-0.1, -0.05) is 25.3 Å². The maximum atomic E-state index is 15.0. The van der Waals surface area contributed by atoms with Gasteiger partial charge in [-0.2, -0.15) is 8.78 Å². The van der Waals surface area contributed by atoms with Crippen LogP contribution in [-0.4, -0.2) is 61.5 Å². The summed E-state index contributed by atoms with van der Waals surface area (Å²) in [6.45, 7) is -0.397. The van der Waals surface area contributed by atoms with Crippen molar-refractivity contribution in [3.05, 3.63) is 64.1 Å². The standard InChI is InChI=1S/C27H29F3N4O5/c1-33(17-7-3-2-4-8-17)26(37)16-6-5-9-22(23(35)12-16)32-21-11-10-18(13-20(21)28)34-15-19(39-27(34)38)14-31-25(36)24(29)30/h5-6,9-13,17,19,24H,2-4,7-8,14-15H2,1H3,(H,31,36)(H,32,35)/t19-/m0/s1. The fourth-order valence-corrected chi connectivity index (χ4v) is 4.72. The lowest BCUT2D eigenvalue weighted by molar-refractivity contribution is -0.132. The number of carbonyl (C=O) groups is 3. The number of benzene rings is 1. The summed E-state index contributed by atoms with van der Waals surface area (Å²) >= 11 is 0. The maximum absolute atomic E-state index is 15.0. The molecule has 1 aliphatic heterocycles. The van der Waals surface area contributed by atoms with Gasteiger partial charge < -0.3 is 20.3 Å². The molecule has 1 heterocycles. The number of ether oxygens (including phenoxy) is 1. The summed E-state index contributed by atoms with van der Waals surface area (Å²) < 4.78 is 44.7. The van der Waals surface area contributed by atoms with E-state index in [9.17, 15) is 32.3 Å². The Kier molecular flexibility index (Phi) is 8.72. The van der Waals surface area contributed by atoms with E-state index in [-0.39, 0.29) is 47.7 Å². The highest BCUT2D eigenvalue weighted by molar-refractivity contribution is 5.94. The molecule has 0 aromatic heterocycles. The van der Waals surface area contributed by atoms with Crippen LogP contribution in [0.1, 0.15) is 42.5 Å². The zero-order valence-electron chi connectivity index (χ0n) is 21.3. The lowest BCUT2D eigenvalue weighted by atomic mass is 9.94. The van der Waals surface area contributed by atoms with Crippen LogP contribution < -0.4 is 21.0 Å². The molecular formula is C27H29F3N4O5. The highest BCUT2D eigenvalue weighted by Crippen LogP contribution is 2.27. The Morgan fingerprint density at radius 2 is 1.82 bits per heavy atom. The molecule has 9 nitrogen and oxygen atoms in total. The van der Waals surface area contributed by atoms with E-state index >= 15 is 0 Å². The normalized spacial score (nSPS) is 17.6. The van der Waals surface area contributed by atoms with Gasteiger partial charge in [0.15, 0.2) is 0 Å². The predicted octanol–water partition coefficient (Wildman–Crippen LogP) is 4.04. The lowest BCUT2D eigenvalue weighted by Gasteiger charge is -2.31. The van der Waals surface area contributed by atoms with E-state index in [4.69, 9.17) is 4.74 Å². The molecule has 2 aliphatic rings. The van der Waals surface area contributed by atoms with Crippen molar-refractivity contribution in [2.45, 2.75) is 50.7 Å². The van der Waals surface area contributed by atoms with Crippen LogP contribution in [-0.2, 0) is 9.53 Å². The van der Waals surface area contributed by atoms with Crippen molar-refractivity contribution in [3.8, 4) is 0 Å². The van der Waals surface area contributed by atoms with Crippen molar-refractivity contribution in [2.24, 2.45) is 0 Å². The first-order valence-electron chi connectivity index (χ1n) is 12.7. The summed E-state index contributed by atoms with van der Waals surface area (Å²) in [5.74, 6) is -2.50. The highest BCUT2D eigenvalue weighted by atomic mass is 19.3. The highest BCUT2D eigenvalue weighted by Gasteiger charge is 2.33. The van der Waals surface area contributed by atoms with E-state index in [0.717, 1.165) is 43.1 Å². The molecule has 39 heavy (non-hydrogen) atoms. The van der Waals surface area contributed by atoms with Gasteiger partial charge in [0.2, 0.25) is 5.43 Å². The van der Waals surface area contributed by atoms with E-state index in [0.29, 0.717) is 0 Å². The number of nitrogens with zero attached hydrogens (tertiary/aromatic N) is 2. The number of carbonyl (C=O) groups excluding carboxylic acids is 3. The SMILES string of the molecule is CN(C(=O)c1cccc(Nc2ccc(N3C[C@H](CNC(=O)C(F)F)OC3=O)cc2F)c(=O)c1)C1CCCCC1. The third-order valence-corrected chi connectivity index (χ3v) is 6.89. The summed E-state index contributed by atoms with van der Waals surface area (Å²) in [5, 5.41) is 4.71. The number of rotatable bonds is 8. The molecule has 0 radical (unpaired) electrons. The molecule has 12 heteroatoms. The number of hydrogen-bond donors (Lipinski definition) is 2. The summed E-state index contributed by atoms with van der Waals surface area (Å²) in [5.41, 5.74) is -0.103. The Bertz CT molecular complexity index is 1300. The van der Waals surface area contributed by atoms with Gasteiger partial charge in [-0.05, 0) is 43.2 Å². The van der Waals surface area contributed by atoms with Crippen LogP contribution in [0.5, 0.6) is 0 Å². The Hall–Kier alpha value is -4.09. The van der Waals surface area contributed by atoms with Crippen LogP contribution in [0.2, 0.25) is 0 Å². The monoisotopic (exact) mass is 546 g/mol. The van der Waals surface area contributed by atoms with E-state index in [2.05, 4.69) is 5.32 Å². The van der Waals surface area contributed by atoms with Crippen LogP contribution >= 0.6 is 0 Å². The minimum Gasteiger partial charge on any atom is -0.442 e. The summed E-state index contributed by atoms with van der Waals surface area (Å²) in [6, 6.07) is 9.72. The van der Waals surface area contributed by atoms with E-state index < -0.39 is 35.8 Å². The quantitative estimate of drug-likeness (QED) is 0.518. The summed E-state index contributed by atoms with van der Waals surface area (Å²) in [7, 11) is 1.74. The zero-order valence-corrected chi connectivity index (χ0v) is 21.3. The number of amides is 3. The molecule has 2 aromatic rings. The average Bonchev–Trinajstić information content (AvgIpc) is 3.20. The Labute approximate surface area is 222 Å². The van der Waals surface area contributed by atoms with Crippen LogP contribution in [0.15, 0.2) is 47.3 Å². The Morgan fingerprint density at radius 3 is 2.51 bits per heavy atom. The molecule has 1 atom stereocenters. The van der Waals surface area contributed by atoms with E-state index in [1.54, 1.807) is 24.1 Å². The molecule has 2 fully saturated rings. The molecule has 0 bridgehead atoms. The van der Waals surface area contributed by atoms with Crippen molar-refractivity contribution >= 4 is 35.0 Å². The fourth-order valence-electron chi connectivity index (χ4n) is 4.72. The minimum absolute atomic E-state index is 0.0393. The number of cyclic esters (lactones) is 1. The topological polar surface area (TPSA) is 108 Å². The number of nitrogens with one attached hydrogen (secondary N) is 2. The van der Waals surface area contributed by atoms with Gasteiger partial charge in [0.25, 0.3) is 11.8 Å². The lowest BCUT2D eigenvalue weighted by Crippen LogP contribution is -2.38. The maximum Gasteiger partial charge on any atom is 0.414 e. The molecule has 208 valence electrons. The second-order valence-electron chi connectivity index (χ2n) is 9.56. The second-order valence-corrected chi connectivity index (χ2v) is 9.56. The average molecular weight is 547 g/mol. The molecule has 0 unspecified atom stereocenters. The van der Waals surface area contributed by atoms with Gasteiger partial charge in [-0.15, -0.1) is 0 Å². The number of halogens is 3. The van der Waals surface area contributed by atoms with Crippen LogP contribution in [0.3, 0.4) is 0 Å². The van der Waals surface area contributed by atoms with Crippen molar-refractivity contribution in [2.75, 3.05) is 30.4 Å². The van der Waals surface area contributed by atoms with Crippen LogP contribution in [0.4, 0.5) is 35.0 Å². The number of hydrogen-bond acceptors (Lipinski definition) is 6. The zero-order chi connectivity index (χ0) is 28.1. The molecule has 0 spiro atoms. The van der Waals surface area contributed by atoms with Crippen LogP contribution in [0.25, 0.3) is 0 Å². The first-order valence-corrected chi connectivity index (χ1v) is 12.7. The van der Waals surface area contributed by atoms with Crippen LogP contribution in [0, 0.1) is 5.82 Å². The molecular weight excluding hydrogens is 517 g/mol. The van der Waals surface area contributed by atoms with Crippen molar-refractivity contribution in [1.29, 1.82) is 0 Å². The summed E-state index contributed by atoms with van der Waals surface area (Å²) in [4.78, 5) is 51.9. The molecule has 2 aromatic carbocycles. The molecule has 4 rings (SSSR count). The smallest absolute Gasteiger partial charge is 0.414 e. The molecule has 2 N–H and O–H groups in total. The van der Waals surface area contributed by atoms with Gasteiger partial charge in [-0.3, -0.25) is 19.3 Å². The van der Waals surface area contributed by atoms with Gasteiger partial charge >= 0.3 is 12.5 Å². The van der Waals surface area contributed by atoms with Gasteiger partial charge in [-0.25, -0.2) is 9.18 Å². The molecule has 1 aliphatic carbocycles. The Balaban J connectivity index is 1.44. The van der Waals surface area contributed by atoms with Gasteiger partial charge in [0, 0.05) is 24.7 Å². The second kappa shape index (κ2) is 12.2. The van der Waals surface area contributed by atoms with Crippen molar-refractivity contribution in [1.82, 2.24) is 10.2 Å². The van der Waals surface area contributed by atoms with E-state index in [1.807, 2.05) is 5.32 Å². The van der Waals surface area contributed by atoms with Crippen molar-refractivity contribution in [3.63, 3.8) is 0 Å². The minimum atomic E-state index is -3.19. The van der Waals surface area contributed by atoms with Gasteiger partial charge in [0.05, 0.1) is 30.2 Å². The van der Waals surface area contributed by atoms with Crippen molar-refractivity contribution < 1.29 is 32.3 Å². The predicted molar refractivity (Wildman–Crippen MR) is 138 cm³/mol. The first-order chi connectivity index (χ1) is 18.6. The fraction of sp³-hybridized carbons (Fsp3) is 0.407. The Morgan fingerprint density at radius 1 is 1.08 bits per heavy atom. The van der Waals surface area contributed by atoms with E-state index in [1.165, 1.54) is 24.3 Å². The molecule has 3 amide bonds. The molecule has 1 saturated heterocycles.